The van der Waals surface area contributed by atoms with Crippen LogP contribution in [-0.4, -0.2) is 31.0 Å². The summed E-state index contributed by atoms with van der Waals surface area (Å²) in [5.74, 6) is 0.737. The zero-order chi connectivity index (χ0) is 25.8. The van der Waals surface area contributed by atoms with Gasteiger partial charge >= 0.3 is 0 Å². The summed E-state index contributed by atoms with van der Waals surface area (Å²) in [4.78, 5) is 25.7. The van der Waals surface area contributed by atoms with E-state index in [4.69, 9.17) is 10.5 Å². The first kappa shape index (κ1) is 28.4. The van der Waals surface area contributed by atoms with Gasteiger partial charge in [-0.25, -0.2) is 0 Å². The van der Waals surface area contributed by atoms with E-state index in [1.165, 1.54) is 0 Å². The summed E-state index contributed by atoms with van der Waals surface area (Å²) in [5, 5.41) is 6.06. The molecule has 2 rings (SSSR count). The SMILES string of the molecule is CCCC(C)COc1ccc(C(CNC(=O)C(N)C(C)CC)NC(=O)C(C)c2ccccc2)cc1. The molecule has 2 amide bonds. The average molecular weight is 482 g/mol. The highest BCUT2D eigenvalue weighted by atomic mass is 16.5. The predicted octanol–water partition coefficient (Wildman–Crippen LogP) is 4.95. The molecule has 0 aliphatic rings. The lowest BCUT2D eigenvalue weighted by Gasteiger charge is -2.24. The number of carbonyl (C=O) groups excluding carboxylic acids is 2. The largest absolute Gasteiger partial charge is 0.493 e. The van der Waals surface area contributed by atoms with Crippen LogP contribution in [0.3, 0.4) is 0 Å². The van der Waals surface area contributed by atoms with Gasteiger partial charge in [-0.05, 0) is 48.4 Å². The number of amides is 2. The van der Waals surface area contributed by atoms with E-state index < -0.39 is 12.1 Å². The standard InChI is InChI=1S/C29H43N3O3/c1-6-11-20(3)19-35-25-16-14-24(15-17-25)26(18-31-29(34)27(30)21(4)7-2)32-28(33)22(5)23-12-9-8-10-13-23/h8-10,12-17,20-22,26-27H,6-7,11,18-19,30H2,1-5H3,(H,31,34)(H,32,33). The summed E-state index contributed by atoms with van der Waals surface area (Å²) < 4.78 is 5.93. The lowest BCUT2D eigenvalue weighted by molar-refractivity contribution is -0.125. The minimum atomic E-state index is -0.583. The number of ether oxygens (including phenoxy) is 1. The summed E-state index contributed by atoms with van der Waals surface area (Å²) >= 11 is 0. The van der Waals surface area contributed by atoms with Crippen molar-refractivity contribution in [2.45, 2.75) is 71.9 Å². The molecule has 5 unspecified atom stereocenters. The summed E-state index contributed by atoms with van der Waals surface area (Å²) in [6.07, 6.45) is 3.09. The van der Waals surface area contributed by atoms with E-state index >= 15 is 0 Å². The second-order valence-corrected chi connectivity index (χ2v) is 9.62. The van der Waals surface area contributed by atoms with E-state index in [1.807, 2.05) is 75.4 Å². The summed E-state index contributed by atoms with van der Waals surface area (Å²) in [5.41, 5.74) is 7.94. The molecular weight excluding hydrogens is 438 g/mol. The molecule has 2 aromatic rings. The molecule has 0 bridgehead atoms. The number of hydrogen-bond acceptors (Lipinski definition) is 4. The van der Waals surface area contributed by atoms with Gasteiger partial charge in [-0.3, -0.25) is 9.59 Å². The monoisotopic (exact) mass is 481 g/mol. The molecule has 4 N–H and O–H groups in total. The van der Waals surface area contributed by atoms with E-state index in [0.717, 1.165) is 36.1 Å². The van der Waals surface area contributed by atoms with Crippen LogP contribution < -0.4 is 21.1 Å². The Hall–Kier alpha value is -2.86. The van der Waals surface area contributed by atoms with E-state index in [2.05, 4.69) is 24.5 Å². The Bertz CT molecular complexity index is 901. The Morgan fingerprint density at radius 3 is 2.17 bits per heavy atom. The number of nitrogens with one attached hydrogen (secondary N) is 2. The second kappa shape index (κ2) is 14.5. The maximum absolute atomic E-state index is 13.1. The van der Waals surface area contributed by atoms with Crippen LogP contribution in [-0.2, 0) is 9.59 Å². The number of hydrogen-bond donors (Lipinski definition) is 3. The van der Waals surface area contributed by atoms with Gasteiger partial charge in [0.25, 0.3) is 0 Å². The topological polar surface area (TPSA) is 93.4 Å². The third-order valence-electron chi connectivity index (χ3n) is 6.65. The normalized spacial score (nSPS) is 15.4. The van der Waals surface area contributed by atoms with Crippen LogP contribution in [0.1, 0.15) is 77.0 Å². The van der Waals surface area contributed by atoms with Gasteiger partial charge in [0.15, 0.2) is 0 Å². The van der Waals surface area contributed by atoms with Crippen LogP contribution in [0.15, 0.2) is 54.6 Å². The number of benzene rings is 2. The molecule has 0 aromatic heterocycles. The Balaban J connectivity index is 2.13. The third kappa shape index (κ3) is 9.02. The molecule has 192 valence electrons. The van der Waals surface area contributed by atoms with Gasteiger partial charge in [0.2, 0.25) is 11.8 Å². The first-order chi connectivity index (χ1) is 16.8. The fourth-order valence-corrected chi connectivity index (χ4v) is 3.89. The Kier molecular flexibility index (Phi) is 11.8. The third-order valence-corrected chi connectivity index (χ3v) is 6.65. The molecule has 5 atom stereocenters. The number of rotatable bonds is 14. The molecule has 35 heavy (non-hydrogen) atoms. The van der Waals surface area contributed by atoms with Crippen molar-refractivity contribution in [2.75, 3.05) is 13.2 Å². The van der Waals surface area contributed by atoms with Crippen molar-refractivity contribution < 1.29 is 14.3 Å². The smallest absolute Gasteiger partial charge is 0.237 e. The number of nitrogens with two attached hydrogens (primary N) is 1. The fourth-order valence-electron chi connectivity index (χ4n) is 3.89. The molecule has 0 fully saturated rings. The minimum absolute atomic E-state index is 0.0766. The molecule has 0 spiro atoms. The highest BCUT2D eigenvalue weighted by Gasteiger charge is 2.24. The average Bonchev–Trinajstić information content (AvgIpc) is 2.89. The maximum Gasteiger partial charge on any atom is 0.237 e. The molecular formula is C29H43N3O3. The lowest BCUT2D eigenvalue weighted by atomic mass is 9.98. The molecule has 0 heterocycles. The summed E-state index contributed by atoms with van der Waals surface area (Å²) in [7, 11) is 0. The Morgan fingerprint density at radius 1 is 0.914 bits per heavy atom. The van der Waals surface area contributed by atoms with E-state index in [-0.39, 0.29) is 30.2 Å². The van der Waals surface area contributed by atoms with Crippen LogP contribution in [0.5, 0.6) is 5.75 Å². The van der Waals surface area contributed by atoms with Crippen molar-refractivity contribution >= 4 is 11.8 Å². The second-order valence-electron chi connectivity index (χ2n) is 9.62. The highest BCUT2D eigenvalue weighted by molar-refractivity contribution is 5.84. The zero-order valence-electron chi connectivity index (χ0n) is 21.9. The van der Waals surface area contributed by atoms with Crippen molar-refractivity contribution in [1.29, 1.82) is 0 Å². The number of carbonyl (C=O) groups is 2. The molecule has 0 aliphatic carbocycles. The molecule has 0 saturated carbocycles. The van der Waals surface area contributed by atoms with Gasteiger partial charge in [0.1, 0.15) is 5.75 Å². The summed E-state index contributed by atoms with van der Waals surface area (Å²) in [6, 6.07) is 16.4. The van der Waals surface area contributed by atoms with E-state index in [0.29, 0.717) is 12.5 Å². The summed E-state index contributed by atoms with van der Waals surface area (Å²) in [6.45, 7) is 11.1. The first-order valence-corrected chi connectivity index (χ1v) is 12.9. The molecule has 2 aromatic carbocycles. The van der Waals surface area contributed by atoms with Gasteiger partial charge in [-0.2, -0.15) is 0 Å². The van der Waals surface area contributed by atoms with Crippen LogP contribution in [0.4, 0.5) is 0 Å². The van der Waals surface area contributed by atoms with Gasteiger partial charge in [0, 0.05) is 6.54 Å². The molecule has 0 aliphatic heterocycles. The van der Waals surface area contributed by atoms with E-state index in [9.17, 15) is 9.59 Å². The molecule has 0 radical (unpaired) electrons. The van der Waals surface area contributed by atoms with E-state index in [1.54, 1.807) is 0 Å². The van der Waals surface area contributed by atoms with Crippen molar-refractivity contribution in [2.24, 2.45) is 17.6 Å². The Labute approximate surface area is 211 Å². The Morgan fingerprint density at radius 2 is 1.57 bits per heavy atom. The first-order valence-electron chi connectivity index (χ1n) is 12.9. The van der Waals surface area contributed by atoms with Gasteiger partial charge in [-0.1, -0.05) is 83.0 Å². The maximum atomic E-state index is 13.1. The van der Waals surface area contributed by atoms with Crippen molar-refractivity contribution in [3.8, 4) is 5.75 Å². The molecule has 0 saturated heterocycles. The predicted molar refractivity (Wildman–Crippen MR) is 142 cm³/mol. The van der Waals surface area contributed by atoms with Gasteiger partial charge < -0.3 is 21.1 Å². The fraction of sp³-hybridized carbons (Fsp3) is 0.517. The highest BCUT2D eigenvalue weighted by Crippen LogP contribution is 2.21. The van der Waals surface area contributed by atoms with Crippen molar-refractivity contribution in [1.82, 2.24) is 10.6 Å². The zero-order valence-corrected chi connectivity index (χ0v) is 21.9. The quantitative estimate of drug-likeness (QED) is 0.356. The van der Waals surface area contributed by atoms with Crippen LogP contribution >= 0.6 is 0 Å². The van der Waals surface area contributed by atoms with Crippen molar-refractivity contribution in [3.05, 3.63) is 65.7 Å². The van der Waals surface area contributed by atoms with Crippen molar-refractivity contribution in [3.63, 3.8) is 0 Å². The van der Waals surface area contributed by atoms with Gasteiger partial charge in [-0.15, -0.1) is 0 Å². The lowest BCUT2D eigenvalue weighted by Crippen LogP contribution is -2.47. The molecule has 6 heteroatoms. The van der Waals surface area contributed by atoms with Crippen LogP contribution in [0.2, 0.25) is 0 Å². The van der Waals surface area contributed by atoms with Crippen LogP contribution in [0.25, 0.3) is 0 Å². The van der Waals surface area contributed by atoms with Crippen LogP contribution in [0, 0.1) is 11.8 Å². The van der Waals surface area contributed by atoms with Gasteiger partial charge in [0.05, 0.1) is 24.6 Å². The minimum Gasteiger partial charge on any atom is -0.493 e. The molecule has 6 nitrogen and oxygen atoms in total.